The second-order valence-corrected chi connectivity index (χ2v) is 5.33. The van der Waals surface area contributed by atoms with E-state index in [-0.39, 0.29) is 0 Å². The molecule has 0 amide bonds. The van der Waals surface area contributed by atoms with Crippen molar-refractivity contribution < 1.29 is 13.2 Å². The van der Waals surface area contributed by atoms with Gasteiger partial charge in [-0.2, -0.15) is 5.26 Å². The zero-order valence-electron chi connectivity index (χ0n) is 7.94. The van der Waals surface area contributed by atoms with Crippen LogP contribution in [-0.2, 0) is 14.6 Å². The van der Waals surface area contributed by atoms with Gasteiger partial charge in [0, 0.05) is 6.26 Å². The highest BCUT2D eigenvalue weighted by Gasteiger charge is 2.29. The van der Waals surface area contributed by atoms with Crippen LogP contribution in [0.5, 0.6) is 0 Å². The molecule has 0 aromatic rings. The maximum absolute atomic E-state index is 11.4. The number of Topliss-reactive ketones (excluding diaryl/α,β-unsaturated/α-hetero) is 1. The fourth-order valence-electron chi connectivity index (χ4n) is 0.850. The van der Waals surface area contributed by atoms with Crippen molar-refractivity contribution in [3.8, 4) is 6.07 Å². The summed E-state index contributed by atoms with van der Waals surface area (Å²) in [6.45, 7) is 3.00. The second-order valence-electron chi connectivity index (χ2n) is 2.96. The average Bonchev–Trinajstić information content (AvgIpc) is 2.03. The van der Waals surface area contributed by atoms with Gasteiger partial charge in [-0.15, -0.1) is 0 Å². The number of nitrogens with zero attached hydrogens (tertiary/aromatic N) is 1. The zero-order chi connectivity index (χ0) is 10.6. The Morgan fingerprint density at radius 3 is 2.23 bits per heavy atom. The third kappa shape index (κ3) is 3.15. The van der Waals surface area contributed by atoms with Crippen LogP contribution in [-0.4, -0.2) is 25.7 Å². The van der Waals surface area contributed by atoms with Crippen molar-refractivity contribution in [2.75, 3.05) is 6.26 Å². The van der Waals surface area contributed by atoms with E-state index in [4.69, 9.17) is 5.26 Å². The van der Waals surface area contributed by atoms with Gasteiger partial charge >= 0.3 is 0 Å². The Morgan fingerprint density at radius 2 is 2.00 bits per heavy atom. The number of rotatable bonds is 4. The number of nitriles is 1. The van der Waals surface area contributed by atoms with E-state index in [9.17, 15) is 13.2 Å². The summed E-state index contributed by atoms with van der Waals surface area (Å²) in [6, 6.07) is 1.79. The smallest absolute Gasteiger partial charge is 0.167 e. The summed E-state index contributed by atoms with van der Waals surface area (Å²) in [4.78, 5) is 11.4. The van der Waals surface area contributed by atoms with Crippen LogP contribution in [0.1, 0.15) is 20.3 Å². The van der Waals surface area contributed by atoms with Crippen LogP contribution in [0.3, 0.4) is 0 Å². The van der Waals surface area contributed by atoms with Crippen LogP contribution in [0.2, 0.25) is 0 Å². The zero-order valence-corrected chi connectivity index (χ0v) is 8.76. The number of ketones is 1. The largest absolute Gasteiger partial charge is 0.297 e. The molecule has 13 heavy (non-hydrogen) atoms. The molecule has 0 aliphatic rings. The summed E-state index contributed by atoms with van der Waals surface area (Å²) in [7, 11) is -3.37. The molecule has 0 saturated carbocycles. The molecule has 0 rings (SSSR count). The van der Waals surface area contributed by atoms with E-state index in [1.165, 1.54) is 6.92 Å². The fraction of sp³-hybridized carbons (Fsp3) is 0.750. The lowest BCUT2D eigenvalue weighted by Crippen LogP contribution is -2.31. The third-order valence-corrected chi connectivity index (χ3v) is 3.47. The molecular weight excluding hydrogens is 190 g/mol. The van der Waals surface area contributed by atoms with Crippen molar-refractivity contribution in [1.82, 2.24) is 0 Å². The molecule has 2 unspecified atom stereocenters. The third-order valence-electron chi connectivity index (χ3n) is 1.95. The van der Waals surface area contributed by atoms with E-state index in [0.717, 1.165) is 6.26 Å². The van der Waals surface area contributed by atoms with Gasteiger partial charge in [0.15, 0.2) is 15.6 Å². The molecule has 0 aliphatic heterocycles. The van der Waals surface area contributed by atoms with E-state index >= 15 is 0 Å². The Kier molecular flexibility index (Phi) is 4.08. The monoisotopic (exact) mass is 203 g/mol. The molecule has 0 saturated heterocycles. The normalized spacial score (nSPS) is 15.8. The van der Waals surface area contributed by atoms with Crippen molar-refractivity contribution in [1.29, 1.82) is 5.26 Å². The van der Waals surface area contributed by atoms with Crippen molar-refractivity contribution in [2.45, 2.75) is 25.5 Å². The van der Waals surface area contributed by atoms with E-state index in [2.05, 4.69) is 0 Å². The molecule has 0 N–H and O–H groups in total. The lowest BCUT2D eigenvalue weighted by Gasteiger charge is -2.10. The molecular formula is C8H13NO3S. The quantitative estimate of drug-likeness (QED) is 0.668. The van der Waals surface area contributed by atoms with Gasteiger partial charge in [0.25, 0.3) is 0 Å². The number of hydrogen-bond donors (Lipinski definition) is 0. The molecule has 0 heterocycles. The van der Waals surface area contributed by atoms with Gasteiger partial charge < -0.3 is 0 Å². The van der Waals surface area contributed by atoms with Crippen molar-refractivity contribution in [3.05, 3.63) is 0 Å². The van der Waals surface area contributed by atoms with E-state index < -0.39 is 26.8 Å². The van der Waals surface area contributed by atoms with Gasteiger partial charge in [0.05, 0.1) is 6.07 Å². The van der Waals surface area contributed by atoms with Gasteiger partial charge in [-0.05, 0) is 13.3 Å². The molecule has 0 aliphatic carbocycles. The molecule has 0 fully saturated rings. The molecule has 4 nitrogen and oxygen atoms in total. The summed E-state index contributed by atoms with van der Waals surface area (Å²) in [5.74, 6) is -1.31. The molecule has 0 aromatic heterocycles. The minimum absolute atomic E-state index is 0.356. The number of sulfone groups is 1. The maximum atomic E-state index is 11.4. The summed E-state index contributed by atoms with van der Waals surface area (Å²) in [5.41, 5.74) is 0. The number of carbonyl (C=O) groups is 1. The van der Waals surface area contributed by atoms with Crippen LogP contribution in [0.15, 0.2) is 0 Å². The Hall–Kier alpha value is -0.890. The SMILES string of the molecule is CCC(C#N)C(=O)C(C)S(C)(=O)=O. The first-order valence-electron chi connectivity index (χ1n) is 3.96. The Bertz CT molecular complexity index is 326. The van der Waals surface area contributed by atoms with Gasteiger partial charge in [0.1, 0.15) is 11.2 Å². The van der Waals surface area contributed by atoms with E-state index in [1.807, 2.05) is 0 Å². The highest BCUT2D eigenvalue weighted by molar-refractivity contribution is 7.92. The first-order chi connectivity index (χ1) is 5.84. The summed E-state index contributed by atoms with van der Waals surface area (Å²) >= 11 is 0. The fourth-order valence-corrected chi connectivity index (χ4v) is 1.44. The number of carbonyl (C=O) groups excluding carboxylic acids is 1. The Morgan fingerprint density at radius 1 is 1.54 bits per heavy atom. The van der Waals surface area contributed by atoms with Crippen LogP contribution in [0.25, 0.3) is 0 Å². The predicted octanol–water partition coefficient (Wildman–Crippen LogP) is 0.538. The van der Waals surface area contributed by atoms with Gasteiger partial charge in [-0.25, -0.2) is 8.42 Å². The van der Waals surface area contributed by atoms with Crippen molar-refractivity contribution in [3.63, 3.8) is 0 Å². The Balaban J connectivity index is 4.73. The minimum Gasteiger partial charge on any atom is -0.297 e. The molecule has 0 spiro atoms. The van der Waals surface area contributed by atoms with Crippen LogP contribution >= 0.6 is 0 Å². The van der Waals surface area contributed by atoms with Crippen LogP contribution in [0, 0.1) is 17.2 Å². The molecule has 0 bridgehead atoms. The average molecular weight is 203 g/mol. The number of hydrogen-bond acceptors (Lipinski definition) is 4. The minimum atomic E-state index is -3.37. The second kappa shape index (κ2) is 4.38. The molecule has 74 valence electrons. The van der Waals surface area contributed by atoms with Crippen molar-refractivity contribution >= 4 is 15.6 Å². The van der Waals surface area contributed by atoms with E-state index in [1.54, 1.807) is 13.0 Å². The maximum Gasteiger partial charge on any atom is 0.167 e. The first-order valence-corrected chi connectivity index (χ1v) is 5.92. The highest BCUT2D eigenvalue weighted by atomic mass is 32.2. The topological polar surface area (TPSA) is 75.0 Å². The summed E-state index contributed by atoms with van der Waals surface area (Å²) < 4.78 is 22.0. The molecule has 5 heteroatoms. The Labute approximate surface area is 78.5 Å². The lowest BCUT2D eigenvalue weighted by molar-refractivity contribution is -0.120. The molecule has 0 aromatic carbocycles. The lowest BCUT2D eigenvalue weighted by atomic mass is 10.0. The highest BCUT2D eigenvalue weighted by Crippen LogP contribution is 2.10. The van der Waals surface area contributed by atoms with E-state index in [0.29, 0.717) is 6.42 Å². The standard InChI is InChI=1S/C8H13NO3S/c1-4-7(5-9)8(10)6(2)13(3,11)12/h6-7H,4H2,1-3H3. The van der Waals surface area contributed by atoms with Gasteiger partial charge in [-0.3, -0.25) is 4.79 Å². The molecule has 2 atom stereocenters. The van der Waals surface area contributed by atoms with Crippen LogP contribution < -0.4 is 0 Å². The molecule has 0 radical (unpaired) electrons. The summed E-state index contributed by atoms with van der Waals surface area (Å²) in [6.07, 6.45) is 1.36. The van der Waals surface area contributed by atoms with Crippen molar-refractivity contribution in [2.24, 2.45) is 5.92 Å². The predicted molar refractivity (Wildman–Crippen MR) is 48.7 cm³/mol. The van der Waals surface area contributed by atoms with Crippen LogP contribution in [0.4, 0.5) is 0 Å². The first kappa shape index (κ1) is 12.1. The van der Waals surface area contributed by atoms with Gasteiger partial charge in [0.2, 0.25) is 0 Å². The van der Waals surface area contributed by atoms with Gasteiger partial charge in [-0.1, -0.05) is 6.92 Å². The summed E-state index contributed by atoms with van der Waals surface area (Å²) in [5, 5.41) is 7.47.